The average molecular weight is 216 g/mol. The van der Waals surface area contributed by atoms with Crippen LogP contribution in [0.3, 0.4) is 0 Å². The number of ether oxygens (including phenoxy) is 1. The Morgan fingerprint density at radius 2 is 2.12 bits per heavy atom. The lowest BCUT2D eigenvalue weighted by molar-refractivity contribution is 0.412. The van der Waals surface area contributed by atoms with E-state index in [0.29, 0.717) is 5.82 Å². The zero-order valence-corrected chi connectivity index (χ0v) is 9.15. The third-order valence-corrected chi connectivity index (χ3v) is 2.34. The number of nitrogens with one attached hydrogen (secondary N) is 1. The first kappa shape index (κ1) is 10.4. The van der Waals surface area contributed by atoms with Gasteiger partial charge in [-0.2, -0.15) is 0 Å². The monoisotopic (exact) mass is 216 g/mol. The normalized spacial score (nSPS) is 10.1. The van der Waals surface area contributed by atoms with E-state index in [1.54, 1.807) is 7.11 Å². The highest BCUT2D eigenvalue weighted by molar-refractivity contribution is 5.58. The molecule has 0 aliphatic rings. The van der Waals surface area contributed by atoms with Gasteiger partial charge in [-0.15, -0.1) is 0 Å². The molecule has 0 saturated carbocycles. The molecule has 0 radical (unpaired) electrons. The Morgan fingerprint density at radius 1 is 1.31 bits per heavy atom. The Bertz CT molecular complexity index is 561. The first-order valence-corrected chi connectivity index (χ1v) is 4.91. The summed E-state index contributed by atoms with van der Waals surface area (Å²) < 4.78 is 5.17. The molecule has 0 saturated heterocycles. The van der Waals surface area contributed by atoms with Crippen molar-refractivity contribution in [1.82, 2.24) is 9.97 Å². The molecule has 0 spiro atoms. The zero-order valence-electron chi connectivity index (χ0n) is 9.15. The lowest BCUT2D eigenvalue weighted by Gasteiger charge is -2.06. The molecule has 1 heterocycles. The average Bonchev–Trinajstić information content (AvgIpc) is 2.29. The zero-order chi connectivity index (χ0) is 11.5. The van der Waals surface area contributed by atoms with Crippen molar-refractivity contribution in [1.29, 1.82) is 0 Å². The molecule has 1 aromatic heterocycles. The van der Waals surface area contributed by atoms with E-state index in [4.69, 9.17) is 4.74 Å². The van der Waals surface area contributed by atoms with Crippen LogP contribution in [0.5, 0.6) is 5.75 Å². The molecule has 4 nitrogen and oxygen atoms in total. The topological polar surface area (TPSA) is 55.0 Å². The van der Waals surface area contributed by atoms with Crippen LogP contribution in [-0.2, 0) is 0 Å². The first-order chi connectivity index (χ1) is 7.70. The summed E-state index contributed by atoms with van der Waals surface area (Å²) in [7, 11) is 1.63. The molecule has 82 valence electrons. The first-order valence-electron chi connectivity index (χ1n) is 4.91. The van der Waals surface area contributed by atoms with Gasteiger partial charge in [-0.3, -0.25) is 4.79 Å². The van der Waals surface area contributed by atoms with Crippen LogP contribution in [0.1, 0.15) is 5.56 Å². The number of aromatic nitrogens is 2. The summed E-state index contributed by atoms with van der Waals surface area (Å²) in [5.74, 6) is 1.39. The van der Waals surface area contributed by atoms with Crippen LogP contribution in [0.2, 0.25) is 0 Å². The van der Waals surface area contributed by atoms with Crippen molar-refractivity contribution in [2.24, 2.45) is 0 Å². The fraction of sp³-hybridized carbons (Fsp3) is 0.167. The van der Waals surface area contributed by atoms with Gasteiger partial charge in [0.1, 0.15) is 11.6 Å². The van der Waals surface area contributed by atoms with Gasteiger partial charge in [0.2, 0.25) is 0 Å². The number of hydrogen-bond acceptors (Lipinski definition) is 3. The predicted molar refractivity (Wildman–Crippen MR) is 61.6 cm³/mol. The minimum Gasteiger partial charge on any atom is -0.496 e. The smallest absolute Gasteiger partial charge is 0.251 e. The molecule has 0 fully saturated rings. The molecular formula is C12H12N2O2. The van der Waals surface area contributed by atoms with E-state index >= 15 is 0 Å². The van der Waals surface area contributed by atoms with Gasteiger partial charge in [0, 0.05) is 17.8 Å². The van der Waals surface area contributed by atoms with Crippen molar-refractivity contribution in [3.63, 3.8) is 0 Å². The second kappa shape index (κ2) is 4.18. The van der Waals surface area contributed by atoms with E-state index in [1.807, 2.05) is 25.1 Å². The summed E-state index contributed by atoms with van der Waals surface area (Å²) in [5.41, 5.74) is 1.72. The third-order valence-electron chi connectivity index (χ3n) is 2.34. The Balaban J connectivity index is 2.49. The molecule has 1 N–H and O–H groups in total. The van der Waals surface area contributed by atoms with E-state index < -0.39 is 0 Å². The van der Waals surface area contributed by atoms with Crippen molar-refractivity contribution in [3.05, 3.63) is 46.4 Å². The standard InChI is InChI=1S/C12H12N2O2/c1-8-7-9(3-4-10(8)16-2)12-13-6-5-11(15)14-12/h3-7H,1-2H3,(H,13,14,15). The van der Waals surface area contributed by atoms with Crippen molar-refractivity contribution in [3.8, 4) is 17.1 Å². The molecule has 0 aliphatic carbocycles. The predicted octanol–water partition coefficient (Wildman–Crippen LogP) is 1.75. The van der Waals surface area contributed by atoms with Gasteiger partial charge >= 0.3 is 0 Å². The number of methoxy groups -OCH3 is 1. The fourth-order valence-electron chi connectivity index (χ4n) is 1.54. The van der Waals surface area contributed by atoms with Gasteiger partial charge in [0.05, 0.1) is 7.11 Å². The Hall–Kier alpha value is -2.10. The molecule has 2 rings (SSSR count). The van der Waals surface area contributed by atoms with Crippen molar-refractivity contribution < 1.29 is 4.74 Å². The lowest BCUT2D eigenvalue weighted by atomic mass is 10.1. The Morgan fingerprint density at radius 3 is 2.75 bits per heavy atom. The number of aromatic amines is 1. The van der Waals surface area contributed by atoms with Crippen LogP contribution in [0.25, 0.3) is 11.4 Å². The summed E-state index contributed by atoms with van der Waals surface area (Å²) in [4.78, 5) is 17.9. The van der Waals surface area contributed by atoms with Gasteiger partial charge in [0.25, 0.3) is 5.56 Å². The second-order valence-corrected chi connectivity index (χ2v) is 3.47. The Kier molecular flexibility index (Phi) is 2.72. The van der Waals surface area contributed by atoms with Crippen LogP contribution in [0, 0.1) is 6.92 Å². The lowest BCUT2D eigenvalue weighted by Crippen LogP contribution is -2.05. The molecule has 0 bridgehead atoms. The van der Waals surface area contributed by atoms with Crippen LogP contribution >= 0.6 is 0 Å². The maximum absolute atomic E-state index is 11.2. The quantitative estimate of drug-likeness (QED) is 0.832. The molecule has 4 heteroatoms. The number of aryl methyl sites for hydroxylation is 1. The van der Waals surface area contributed by atoms with Crippen LogP contribution < -0.4 is 10.3 Å². The molecule has 0 unspecified atom stereocenters. The van der Waals surface area contributed by atoms with Gasteiger partial charge in [-0.25, -0.2) is 4.98 Å². The number of hydrogen-bond donors (Lipinski definition) is 1. The number of rotatable bonds is 2. The van der Waals surface area contributed by atoms with Gasteiger partial charge in [0.15, 0.2) is 0 Å². The third kappa shape index (κ3) is 1.95. The van der Waals surface area contributed by atoms with Crippen molar-refractivity contribution in [2.45, 2.75) is 6.92 Å². The maximum atomic E-state index is 11.2. The molecule has 1 aromatic carbocycles. The molecule has 0 atom stereocenters. The van der Waals surface area contributed by atoms with Gasteiger partial charge in [-0.1, -0.05) is 0 Å². The molecule has 0 aliphatic heterocycles. The summed E-state index contributed by atoms with van der Waals surface area (Å²) in [5, 5.41) is 0. The van der Waals surface area contributed by atoms with Crippen molar-refractivity contribution in [2.75, 3.05) is 7.11 Å². The van der Waals surface area contributed by atoms with Gasteiger partial charge < -0.3 is 9.72 Å². The van der Waals surface area contributed by atoms with Gasteiger partial charge in [-0.05, 0) is 30.7 Å². The molecule has 16 heavy (non-hydrogen) atoms. The van der Waals surface area contributed by atoms with E-state index in [-0.39, 0.29) is 5.56 Å². The number of benzene rings is 1. The Labute approximate surface area is 92.9 Å². The summed E-state index contributed by atoms with van der Waals surface area (Å²) in [6, 6.07) is 7.04. The molecule has 0 amide bonds. The summed E-state index contributed by atoms with van der Waals surface area (Å²) >= 11 is 0. The molecule has 2 aromatic rings. The van der Waals surface area contributed by atoms with Crippen LogP contribution in [-0.4, -0.2) is 17.1 Å². The second-order valence-electron chi connectivity index (χ2n) is 3.47. The highest BCUT2D eigenvalue weighted by Gasteiger charge is 2.03. The fourth-order valence-corrected chi connectivity index (χ4v) is 1.54. The van der Waals surface area contributed by atoms with E-state index in [9.17, 15) is 4.79 Å². The largest absolute Gasteiger partial charge is 0.496 e. The van der Waals surface area contributed by atoms with Crippen molar-refractivity contribution >= 4 is 0 Å². The summed E-state index contributed by atoms with van der Waals surface area (Å²) in [6.07, 6.45) is 1.49. The SMILES string of the molecule is COc1ccc(-c2nccc(=O)[nH]2)cc1C. The highest BCUT2D eigenvalue weighted by Crippen LogP contribution is 2.22. The van der Waals surface area contributed by atoms with E-state index in [0.717, 1.165) is 16.9 Å². The van der Waals surface area contributed by atoms with E-state index in [1.165, 1.54) is 12.3 Å². The minimum atomic E-state index is -0.154. The maximum Gasteiger partial charge on any atom is 0.251 e. The van der Waals surface area contributed by atoms with E-state index in [2.05, 4.69) is 9.97 Å². The van der Waals surface area contributed by atoms with Crippen LogP contribution in [0.4, 0.5) is 0 Å². The van der Waals surface area contributed by atoms with Crippen LogP contribution in [0.15, 0.2) is 35.3 Å². The molecular weight excluding hydrogens is 204 g/mol. The summed E-state index contributed by atoms with van der Waals surface area (Å²) in [6.45, 7) is 1.95. The number of H-pyrrole nitrogens is 1. The number of nitrogens with zero attached hydrogens (tertiary/aromatic N) is 1. The minimum absolute atomic E-state index is 0.154. The highest BCUT2D eigenvalue weighted by atomic mass is 16.5.